The van der Waals surface area contributed by atoms with E-state index in [0.29, 0.717) is 0 Å². The van der Waals surface area contributed by atoms with Gasteiger partial charge < -0.3 is 14.0 Å². The molecule has 1 aromatic rings. The molecule has 0 radical (unpaired) electrons. The summed E-state index contributed by atoms with van der Waals surface area (Å²) >= 11 is 0. The molecule has 0 aliphatic rings. The van der Waals surface area contributed by atoms with Crippen LogP contribution in [-0.2, 0) is 10.1 Å². The molecular formula is C8H9NaO5S. The van der Waals surface area contributed by atoms with E-state index in [1.54, 1.807) is 0 Å². The Morgan fingerprint density at radius 2 is 1.80 bits per heavy atom. The Balaban J connectivity index is 0.00000196. The second-order valence-corrected chi connectivity index (χ2v) is 3.79. The summed E-state index contributed by atoms with van der Waals surface area (Å²) in [6, 6.07) is 4.09. The van der Waals surface area contributed by atoms with Crippen molar-refractivity contribution in [2.75, 3.05) is 14.2 Å². The molecule has 0 saturated carbocycles. The maximum atomic E-state index is 10.8. The number of ether oxygens (including phenoxy) is 2. The number of benzene rings is 1. The van der Waals surface area contributed by atoms with Crippen molar-refractivity contribution in [2.45, 2.75) is 4.90 Å². The molecule has 0 atom stereocenters. The molecule has 1 aromatic carbocycles. The molecule has 0 aliphatic heterocycles. The smallest absolute Gasteiger partial charge is 0.744 e. The van der Waals surface area contributed by atoms with E-state index in [2.05, 4.69) is 0 Å². The largest absolute Gasteiger partial charge is 1.00 e. The Kier molecular flexibility index (Phi) is 5.61. The fourth-order valence-electron chi connectivity index (χ4n) is 1.05. The molecule has 15 heavy (non-hydrogen) atoms. The molecule has 0 spiro atoms. The normalized spacial score (nSPS) is 10.3. The van der Waals surface area contributed by atoms with E-state index in [-0.39, 0.29) is 41.1 Å². The maximum Gasteiger partial charge on any atom is 1.00 e. The molecule has 0 unspecified atom stereocenters. The van der Waals surface area contributed by atoms with Crippen LogP contribution in [0.25, 0.3) is 0 Å². The minimum atomic E-state index is -4.53. The van der Waals surface area contributed by atoms with Crippen LogP contribution in [0.1, 0.15) is 0 Å². The molecule has 0 saturated heterocycles. The van der Waals surface area contributed by atoms with Gasteiger partial charge in [-0.05, 0) is 12.1 Å². The minimum absolute atomic E-state index is 0. The van der Waals surface area contributed by atoms with Gasteiger partial charge in [0.1, 0.15) is 15.0 Å². The zero-order valence-corrected chi connectivity index (χ0v) is 11.5. The van der Waals surface area contributed by atoms with E-state index in [1.807, 2.05) is 0 Å². The van der Waals surface area contributed by atoms with E-state index in [4.69, 9.17) is 9.47 Å². The second kappa shape index (κ2) is 5.72. The van der Waals surface area contributed by atoms with E-state index in [0.717, 1.165) is 0 Å². The van der Waals surface area contributed by atoms with Crippen LogP contribution >= 0.6 is 0 Å². The Bertz CT molecular complexity index is 429. The number of hydrogen-bond acceptors (Lipinski definition) is 5. The Morgan fingerprint density at radius 3 is 2.20 bits per heavy atom. The first-order valence-corrected chi connectivity index (χ1v) is 5.08. The Morgan fingerprint density at radius 1 is 1.20 bits per heavy atom. The van der Waals surface area contributed by atoms with Gasteiger partial charge in [0.15, 0.2) is 11.5 Å². The summed E-state index contributed by atoms with van der Waals surface area (Å²) in [5.74, 6) is 0.148. The molecule has 1 rings (SSSR count). The van der Waals surface area contributed by atoms with E-state index >= 15 is 0 Å². The van der Waals surface area contributed by atoms with Crippen LogP contribution in [0, 0.1) is 0 Å². The van der Waals surface area contributed by atoms with E-state index in [9.17, 15) is 13.0 Å². The third-order valence-electron chi connectivity index (χ3n) is 1.64. The first kappa shape index (κ1) is 14.7. The van der Waals surface area contributed by atoms with Gasteiger partial charge in [-0.1, -0.05) is 6.07 Å². The molecule has 0 bridgehead atoms. The second-order valence-electron chi connectivity index (χ2n) is 2.45. The molecule has 0 fully saturated rings. The maximum absolute atomic E-state index is 10.8. The molecule has 0 aliphatic carbocycles. The van der Waals surface area contributed by atoms with Gasteiger partial charge in [0, 0.05) is 0 Å². The summed E-state index contributed by atoms with van der Waals surface area (Å²) in [6.45, 7) is 0. The van der Waals surface area contributed by atoms with Crippen molar-refractivity contribution in [3.05, 3.63) is 18.2 Å². The summed E-state index contributed by atoms with van der Waals surface area (Å²) in [7, 11) is -1.90. The van der Waals surface area contributed by atoms with Crippen LogP contribution < -0.4 is 39.0 Å². The van der Waals surface area contributed by atoms with Crippen LogP contribution in [0.3, 0.4) is 0 Å². The van der Waals surface area contributed by atoms with Crippen molar-refractivity contribution < 1.29 is 52.0 Å². The van der Waals surface area contributed by atoms with Crippen molar-refractivity contribution in [1.82, 2.24) is 0 Å². The predicted octanol–water partition coefficient (Wildman–Crippen LogP) is -2.39. The van der Waals surface area contributed by atoms with Gasteiger partial charge in [-0.3, -0.25) is 0 Å². The number of hydrogen-bond donors (Lipinski definition) is 0. The molecule has 5 nitrogen and oxygen atoms in total. The van der Waals surface area contributed by atoms with Crippen molar-refractivity contribution in [1.29, 1.82) is 0 Å². The molecule has 0 amide bonds. The van der Waals surface area contributed by atoms with E-state index < -0.39 is 15.0 Å². The quantitative estimate of drug-likeness (QED) is 0.435. The fourth-order valence-corrected chi connectivity index (χ4v) is 1.71. The van der Waals surface area contributed by atoms with Crippen LogP contribution in [0.5, 0.6) is 11.5 Å². The van der Waals surface area contributed by atoms with Crippen molar-refractivity contribution in [2.24, 2.45) is 0 Å². The monoisotopic (exact) mass is 240 g/mol. The molecule has 78 valence electrons. The third kappa shape index (κ3) is 3.35. The number of methoxy groups -OCH3 is 2. The van der Waals surface area contributed by atoms with Crippen molar-refractivity contribution >= 4 is 10.1 Å². The molecule has 0 heterocycles. The Labute approximate surface area is 110 Å². The summed E-state index contributed by atoms with van der Waals surface area (Å²) < 4.78 is 42.0. The molecule has 7 heteroatoms. The fraction of sp³-hybridized carbons (Fsp3) is 0.250. The van der Waals surface area contributed by atoms with Crippen LogP contribution in [0.2, 0.25) is 0 Å². The van der Waals surface area contributed by atoms with Gasteiger partial charge in [-0.2, -0.15) is 0 Å². The van der Waals surface area contributed by atoms with Crippen LogP contribution in [-0.4, -0.2) is 27.2 Å². The van der Waals surface area contributed by atoms with Crippen molar-refractivity contribution in [3.63, 3.8) is 0 Å². The van der Waals surface area contributed by atoms with Gasteiger partial charge in [0.05, 0.1) is 14.2 Å². The summed E-state index contributed by atoms with van der Waals surface area (Å²) in [5, 5.41) is 0. The zero-order chi connectivity index (χ0) is 10.8. The number of para-hydroxylation sites is 1. The first-order chi connectivity index (χ1) is 6.50. The predicted molar refractivity (Wildman–Crippen MR) is 47.5 cm³/mol. The summed E-state index contributed by atoms with van der Waals surface area (Å²) in [5.41, 5.74) is 0. The molecule has 0 N–H and O–H groups in total. The summed E-state index contributed by atoms with van der Waals surface area (Å²) in [6.07, 6.45) is 0. The number of rotatable bonds is 3. The SMILES string of the molecule is COc1cccc(S(=O)(=O)[O-])c1OC.[Na+]. The Hall–Kier alpha value is -0.270. The van der Waals surface area contributed by atoms with Crippen LogP contribution in [0.4, 0.5) is 0 Å². The molecule has 0 aromatic heterocycles. The average Bonchev–Trinajstić information content (AvgIpc) is 2.15. The van der Waals surface area contributed by atoms with Gasteiger partial charge in [0.2, 0.25) is 0 Å². The van der Waals surface area contributed by atoms with E-state index in [1.165, 1.54) is 32.4 Å². The minimum Gasteiger partial charge on any atom is -0.744 e. The van der Waals surface area contributed by atoms with Gasteiger partial charge in [0.25, 0.3) is 0 Å². The standard InChI is InChI=1S/C8H10O5S.Na/c1-12-6-4-3-5-7(8(6)13-2)14(9,10)11;/h3-5H,1-2H3,(H,9,10,11);/q;+1/p-1. The summed E-state index contributed by atoms with van der Waals surface area (Å²) in [4.78, 5) is -0.417. The first-order valence-electron chi connectivity index (χ1n) is 3.67. The van der Waals surface area contributed by atoms with Crippen LogP contribution in [0.15, 0.2) is 23.1 Å². The topological polar surface area (TPSA) is 75.7 Å². The molecular weight excluding hydrogens is 231 g/mol. The van der Waals surface area contributed by atoms with Crippen molar-refractivity contribution in [3.8, 4) is 11.5 Å². The third-order valence-corrected chi connectivity index (χ3v) is 2.50. The zero-order valence-electron chi connectivity index (χ0n) is 8.68. The average molecular weight is 240 g/mol. The van der Waals surface area contributed by atoms with Gasteiger partial charge in [-0.25, -0.2) is 8.42 Å². The van der Waals surface area contributed by atoms with Gasteiger partial charge in [-0.15, -0.1) is 0 Å². The van der Waals surface area contributed by atoms with Gasteiger partial charge >= 0.3 is 29.6 Å².